The molecule has 1 heterocycles. The Bertz CT molecular complexity index is 441. The standard InChI is InChI=1S/C15H26N4O2S.HI/c1-13(20)16-7-4-8-17-15(19-10-12-22-2)18-9-6-14-5-3-11-21-14;/h3,5,11H,4,6-10,12H2,1-2H3,(H,16,20)(H2,17,18,19);1H. The van der Waals surface area contributed by atoms with Gasteiger partial charge in [0.25, 0.3) is 0 Å². The maximum atomic E-state index is 10.8. The Balaban J connectivity index is 0.00000484. The van der Waals surface area contributed by atoms with Crippen molar-refractivity contribution in [3.63, 3.8) is 0 Å². The van der Waals surface area contributed by atoms with Gasteiger partial charge in [0, 0.05) is 45.3 Å². The van der Waals surface area contributed by atoms with Crippen LogP contribution in [0.5, 0.6) is 0 Å². The number of carbonyl (C=O) groups is 1. The maximum absolute atomic E-state index is 10.8. The van der Waals surface area contributed by atoms with Crippen LogP contribution in [0.3, 0.4) is 0 Å². The number of thioether (sulfide) groups is 1. The number of rotatable bonds is 10. The van der Waals surface area contributed by atoms with Gasteiger partial charge in [-0.3, -0.25) is 9.79 Å². The predicted molar refractivity (Wildman–Crippen MR) is 108 cm³/mol. The molecule has 6 nitrogen and oxygen atoms in total. The van der Waals surface area contributed by atoms with Crippen molar-refractivity contribution in [2.45, 2.75) is 19.8 Å². The van der Waals surface area contributed by atoms with Crippen LogP contribution in [0, 0.1) is 0 Å². The molecule has 23 heavy (non-hydrogen) atoms. The molecule has 0 fully saturated rings. The molecule has 0 atom stereocenters. The third-order valence-corrected chi connectivity index (χ3v) is 3.43. The van der Waals surface area contributed by atoms with Crippen LogP contribution in [-0.2, 0) is 11.2 Å². The van der Waals surface area contributed by atoms with Crippen molar-refractivity contribution in [1.82, 2.24) is 16.0 Å². The zero-order valence-electron chi connectivity index (χ0n) is 13.8. The summed E-state index contributed by atoms with van der Waals surface area (Å²) in [6.45, 7) is 4.50. The van der Waals surface area contributed by atoms with Gasteiger partial charge in [-0.15, -0.1) is 24.0 Å². The van der Waals surface area contributed by atoms with Gasteiger partial charge in [0.15, 0.2) is 5.96 Å². The van der Waals surface area contributed by atoms with Gasteiger partial charge >= 0.3 is 0 Å². The molecule has 1 rings (SSSR count). The second-order valence-electron chi connectivity index (χ2n) is 4.74. The van der Waals surface area contributed by atoms with E-state index in [2.05, 4.69) is 27.2 Å². The molecule has 0 aromatic carbocycles. The first-order valence-corrected chi connectivity index (χ1v) is 8.89. The highest BCUT2D eigenvalue weighted by Crippen LogP contribution is 1.99. The lowest BCUT2D eigenvalue weighted by atomic mass is 10.3. The Kier molecular flexibility index (Phi) is 14.1. The number of amides is 1. The molecule has 0 aliphatic heterocycles. The normalized spacial score (nSPS) is 10.8. The first kappa shape index (κ1) is 22.1. The molecule has 132 valence electrons. The molecule has 0 unspecified atom stereocenters. The Hall–Kier alpha value is -0.900. The lowest BCUT2D eigenvalue weighted by Gasteiger charge is -2.12. The van der Waals surface area contributed by atoms with E-state index in [4.69, 9.17) is 4.42 Å². The van der Waals surface area contributed by atoms with Crippen molar-refractivity contribution in [2.75, 3.05) is 38.2 Å². The van der Waals surface area contributed by atoms with Gasteiger partial charge in [-0.05, 0) is 24.8 Å². The minimum absolute atomic E-state index is 0. The number of nitrogens with one attached hydrogen (secondary N) is 3. The summed E-state index contributed by atoms with van der Waals surface area (Å²) in [6.07, 6.45) is 5.41. The molecule has 1 aromatic heterocycles. The molecule has 0 radical (unpaired) electrons. The predicted octanol–water partition coefficient (Wildman–Crippen LogP) is 1.86. The molecule has 0 saturated heterocycles. The number of guanidine groups is 1. The number of nitrogens with zero attached hydrogens (tertiary/aromatic N) is 1. The minimum Gasteiger partial charge on any atom is -0.469 e. The van der Waals surface area contributed by atoms with Gasteiger partial charge in [-0.1, -0.05) is 0 Å². The van der Waals surface area contributed by atoms with Crippen LogP contribution in [-0.4, -0.2) is 50.1 Å². The van der Waals surface area contributed by atoms with Gasteiger partial charge in [-0.25, -0.2) is 0 Å². The van der Waals surface area contributed by atoms with Gasteiger partial charge in [-0.2, -0.15) is 11.8 Å². The Labute approximate surface area is 159 Å². The number of carbonyl (C=O) groups excluding carboxylic acids is 1. The van der Waals surface area contributed by atoms with Crippen molar-refractivity contribution in [3.8, 4) is 0 Å². The van der Waals surface area contributed by atoms with Crippen molar-refractivity contribution in [2.24, 2.45) is 4.99 Å². The molecule has 3 N–H and O–H groups in total. The lowest BCUT2D eigenvalue weighted by molar-refractivity contribution is -0.118. The van der Waals surface area contributed by atoms with E-state index in [1.165, 1.54) is 6.92 Å². The van der Waals surface area contributed by atoms with Crippen LogP contribution in [0.2, 0.25) is 0 Å². The molecular weight excluding hydrogens is 427 g/mol. The summed E-state index contributed by atoms with van der Waals surface area (Å²) in [5, 5.41) is 9.37. The third kappa shape index (κ3) is 12.2. The number of furan rings is 1. The van der Waals surface area contributed by atoms with E-state index >= 15 is 0 Å². The van der Waals surface area contributed by atoms with Crippen LogP contribution in [0.25, 0.3) is 0 Å². The summed E-state index contributed by atoms with van der Waals surface area (Å²) < 4.78 is 5.31. The highest BCUT2D eigenvalue weighted by molar-refractivity contribution is 14.0. The van der Waals surface area contributed by atoms with Crippen LogP contribution in [0.1, 0.15) is 19.1 Å². The molecule has 1 amide bonds. The van der Waals surface area contributed by atoms with Crippen LogP contribution in [0.4, 0.5) is 0 Å². The number of halogens is 1. The zero-order valence-corrected chi connectivity index (χ0v) is 16.9. The Morgan fingerprint density at radius 1 is 1.26 bits per heavy atom. The fourth-order valence-electron chi connectivity index (χ4n) is 1.74. The van der Waals surface area contributed by atoms with E-state index in [1.807, 2.05) is 12.1 Å². The first-order valence-electron chi connectivity index (χ1n) is 7.50. The number of hydrogen-bond acceptors (Lipinski definition) is 4. The Morgan fingerprint density at radius 2 is 2.04 bits per heavy atom. The smallest absolute Gasteiger partial charge is 0.216 e. The van der Waals surface area contributed by atoms with Gasteiger partial charge in [0.05, 0.1) is 6.26 Å². The Morgan fingerprint density at radius 3 is 2.70 bits per heavy atom. The van der Waals surface area contributed by atoms with Gasteiger partial charge < -0.3 is 20.4 Å². The summed E-state index contributed by atoms with van der Waals surface area (Å²) in [5.74, 6) is 2.80. The quantitative estimate of drug-likeness (QED) is 0.218. The topological polar surface area (TPSA) is 78.7 Å². The van der Waals surface area contributed by atoms with E-state index < -0.39 is 0 Å². The molecule has 0 bridgehead atoms. The molecule has 0 aliphatic carbocycles. The molecule has 0 spiro atoms. The molecule has 0 saturated carbocycles. The van der Waals surface area contributed by atoms with Gasteiger partial charge in [0.1, 0.15) is 5.76 Å². The third-order valence-electron chi connectivity index (χ3n) is 2.82. The fraction of sp³-hybridized carbons (Fsp3) is 0.600. The lowest BCUT2D eigenvalue weighted by Crippen LogP contribution is -2.39. The van der Waals surface area contributed by atoms with Crippen LogP contribution in [0.15, 0.2) is 27.8 Å². The zero-order chi connectivity index (χ0) is 16.0. The summed E-state index contributed by atoms with van der Waals surface area (Å²) in [7, 11) is 0. The largest absolute Gasteiger partial charge is 0.469 e. The summed E-state index contributed by atoms with van der Waals surface area (Å²) in [6, 6.07) is 3.86. The molecule has 0 aliphatic rings. The summed E-state index contributed by atoms with van der Waals surface area (Å²) in [5.41, 5.74) is 0. The van der Waals surface area contributed by atoms with Crippen LogP contribution >= 0.6 is 35.7 Å². The molecule has 8 heteroatoms. The monoisotopic (exact) mass is 454 g/mol. The summed E-state index contributed by atoms with van der Waals surface area (Å²) in [4.78, 5) is 15.3. The second kappa shape index (κ2) is 14.7. The van der Waals surface area contributed by atoms with Crippen molar-refractivity contribution in [3.05, 3.63) is 24.2 Å². The molecular formula is C15H27IN4O2S. The van der Waals surface area contributed by atoms with E-state index in [-0.39, 0.29) is 29.9 Å². The molecule has 1 aromatic rings. The second-order valence-corrected chi connectivity index (χ2v) is 5.73. The van der Waals surface area contributed by atoms with Crippen molar-refractivity contribution < 1.29 is 9.21 Å². The van der Waals surface area contributed by atoms with E-state index in [0.29, 0.717) is 13.1 Å². The van der Waals surface area contributed by atoms with Gasteiger partial charge in [0.2, 0.25) is 5.91 Å². The summed E-state index contributed by atoms with van der Waals surface area (Å²) >= 11 is 1.79. The van der Waals surface area contributed by atoms with E-state index in [0.717, 1.165) is 43.4 Å². The van der Waals surface area contributed by atoms with Crippen molar-refractivity contribution in [1.29, 1.82) is 0 Å². The average molecular weight is 454 g/mol. The SMILES string of the molecule is CSCCNC(=NCCCNC(C)=O)NCCc1ccco1.I. The fourth-order valence-corrected chi connectivity index (χ4v) is 2.05. The highest BCUT2D eigenvalue weighted by Gasteiger charge is 2.00. The number of aliphatic imine (C=N–C) groups is 1. The maximum Gasteiger partial charge on any atom is 0.216 e. The first-order chi connectivity index (χ1) is 10.7. The number of hydrogen-bond donors (Lipinski definition) is 3. The van der Waals surface area contributed by atoms with E-state index in [1.54, 1.807) is 18.0 Å². The minimum atomic E-state index is -0.00104. The average Bonchev–Trinajstić information content (AvgIpc) is 2.99. The highest BCUT2D eigenvalue weighted by atomic mass is 127. The van der Waals surface area contributed by atoms with Crippen LogP contribution < -0.4 is 16.0 Å². The van der Waals surface area contributed by atoms with Crippen molar-refractivity contribution >= 4 is 47.6 Å². The van der Waals surface area contributed by atoms with E-state index in [9.17, 15) is 4.79 Å².